The minimum absolute atomic E-state index is 0. The lowest BCUT2D eigenvalue weighted by atomic mass is 10.1. The van der Waals surface area contributed by atoms with E-state index in [1.807, 2.05) is 0 Å². The molecule has 0 aliphatic heterocycles. The van der Waals surface area contributed by atoms with Gasteiger partial charge in [-0.3, -0.25) is 29.8 Å². The van der Waals surface area contributed by atoms with Crippen LogP contribution < -0.4 is 10.6 Å². The van der Waals surface area contributed by atoms with E-state index in [1.165, 1.54) is 0 Å². The van der Waals surface area contributed by atoms with Gasteiger partial charge in [0.15, 0.2) is 0 Å². The number of benzene rings is 2. The number of phenolic OH excluding ortho intramolecular Hbond substituents is 2. The van der Waals surface area contributed by atoms with Gasteiger partial charge in [-0.05, 0) is 31.9 Å². The molecule has 41 heavy (non-hydrogen) atoms. The molecule has 2 aromatic rings. The Hall–Kier alpha value is -3.36. The smallest absolute Gasteiger partial charge is 0.341 e. The third-order valence-corrected chi connectivity index (χ3v) is 5.79. The number of ether oxygens (including phenoxy) is 2. The van der Waals surface area contributed by atoms with E-state index in [9.17, 15) is 49.6 Å². The highest BCUT2D eigenvalue weighted by atomic mass is 80.9. The summed E-state index contributed by atoms with van der Waals surface area (Å²) in [7, 11) is 2.15. The van der Waals surface area contributed by atoms with Crippen molar-refractivity contribution < 1.29 is 48.7 Å². The number of esters is 2. The van der Waals surface area contributed by atoms with Gasteiger partial charge in [0, 0.05) is 54.2 Å². The van der Waals surface area contributed by atoms with Gasteiger partial charge in [-0.25, -0.2) is 9.59 Å². The fraction of sp³-hybridized carbons (Fsp3) is 0.238. The fourth-order valence-electron chi connectivity index (χ4n) is 2.66. The maximum Gasteiger partial charge on any atom is 0.341 e. The third-order valence-electron chi connectivity index (χ3n) is 4.25. The summed E-state index contributed by atoms with van der Waals surface area (Å²) >= 11 is 11.3. The lowest BCUT2D eigenvalue weighted by Crippen LogP contribution is -2.11. The molecule has 0 aromatic heterocycles. The number of nitrogens with one attached hydrogen (secondary N) is 2. The molecular weight excluding hydrogens is 820 g/mol. The van der Waals surface area contributed by atoms with Crippen LogP contribution in [0.5, 0.6) is 11.5 Å². The Kier molecular flexibility index (Phi) is 17.6. The first kappa shape index (κ1) is 39.8. The summed E-state index contributed by atoms with van der Waals surface area (Å²) in [4.78, 5) is 65.0. The topological polar surface area (TPSA) is 238 Å². The molecule has 226 valence electrons. The Balaban J connectivity index is 0. The van der Waals surface area contributed by atoms with Gasteiger partial charge in [-0.2, -0.15) is 0 Å². The van der Waals surface area contributed by atoms with Crippen molar-refractivity contribution >= 4 is 107 Å². The quantitative estimate of drug-likeness (QED) is 0.150. The van der Waals surface area contributed by atoms with Crippen molar-refractivity contribution in [3.8, 4) is 11.5 Å². The van der Waals surface area contributed by atoms with E-state index >= 15 is 0 Å². The number of methoxy groups -OCH3 is 2. The number of nitro benzene ring substituents is 2. The van der Waals surface area contributed by atoms with Gasteiger partial charge in [0.05, 0.1) is 33.0 Å². The molecule has 0 atom stereocenters. The Bertz CT molecular complexity index is 1250. The number of phenols is 2. The lowest BCUT2D eigenvalue weighted by molar-refractivity contribution is -0.384. The largest absolute Gasteiger partial charge is 0.506 e. The second-order valence-electron chi connectivity index (χ2n) is 6.82. The summed E-state index contributed by atoms with van der Waals surface area (Å²) in [6, 6.07) is 1.66. The van der Waals surface area contributed by atoms with Crippen LogP contribution in [0.1, 0.15) is 42.0 Å². The van der Waals surface area contributed by atoms with Crippen LogP contribution in [0.4, 0.5) is 22.7 Å². The summed E-state index contributed by atoms with van der Waals surface area (Å²) in [6.45, 7) is 2.31. The van der Waals surface area contributed by atoms with E-state index < -0.39 is 56.5 Å². The van der Waals surface area contributed by atoms with Crippen LogP contribution in [0.25, 0.3) is 0 Å². The number of aromatic hydroxyl groups is 2. The Labute approximate surface area is 264 Å². The second-order valence-corrected chi connectivity index (χ2v) is 8.41. The van der Waals surface area contributed by atoms with Crippen LogP contribution in [0.15, 0.2) is 21.1 Å². The number of anilines is 2. The number of nitrogens with zero attached hydrogens (tertiary/aromatic N) is 2. The van der Waals surface area contributed by atoms with Gasteiger partial charge in [-0.1, -0.05) is 7.43 Å². The number of hydrogen-bond donors (Lipinski definition) is 4. The average molecular weight is 842 g/mol. The zero-order chi connectivity index (χ0) is 31.5. The van der Waals surface area contributed by atoms with Crippen LogP contribution >= 0.6 is 60.1 Å². The molecule has 0 unspecified atom stereocenters. The molecule has 0 spiro atoms. The first-order valence-corrected chi connectivity index (χ1v) is 15.1. The normalized spacial score (nSPS) is 9.27. The molecule has 4 N–H and O–H groups in total. The maximum absolute atomic E-state index is 11.4. The van der Waals surface area contributed by atoms with Crippen LogP contribution in [-0.4, -0.2) is 58.0 Å². The van der Waals surface area contributed by atoms with Gasteiger partial charge in [-0.15, -0.1) is 0 Å². The SMILES string of the molecule is BrBr.C.COC(=O)c1cc([N+](=O)[O-])c(NC(C)=O)c(Br)c1O.COC(=O)c1cc([N+](=O)[O-])c(NC(C)=O)c(Br)c1O. The molecular formula is C21H22Br4N4O12. The van der Waals surface area contributed by atoms with Crippen molar-refractivity contribution in [1.29, 1.82) is 0 Å². The van der Waals surface area contributed by atoms with Crippen LogP contribution in [0.2, 0.25) is 0 Å². The number of nitro groups is 2. The van der Waals surface area contributed by atoms with E-state index in [2.05, 4.69) is 80.2 Å². The monoisotopic (exact) mass is 838 g/mol. The standard InChI is InChI=1S/2C10H9BrN2O6.CH4.Br2/c2*1-4(14)12-8-6(13(17)18)3-5(10(16)19-2)9(15)7(8)11;;1-2/h2*3,15H,1-2H3,(H,12,14);1H4;. The number of amides is 2. The summed E-state index contributed by atoms with van der Waals surface area (Å²) < 4.78 is 8.46. The van der Waals surface area contributed by atoms with Crippen LogP contribution in [0.3, 0.4) is 0 Å². The molecule has 16 nitrogen and oxygen atoms in total. The first-order chi connectivity index (χ1) is 18.6. The Morgan fingerprint density at radius 3 is 1.22 bits per heavy atom. The maximum atomic E-state index is 11.4. The molecule has 0 aliphatic rings. The molecule has 0 saturated heterocycles. The van der Waals surface area contributed by atoms with E-state index in [4.69, 9.17) is 0 Å². The van der Waals surface area contributed by atoms with Crippen LogP contribution in [0, 0.1) is 20.2 Å². The molecule has 0 heterocycles. The van der Waals surface area contributed by atoms with Crippen molar-refractivity contribution in [3.63, 3.8) is 0 Å². The van der Waals surface area contributed by atoms with Crippen molar-refractivity contribution in [1.82, 2.24) is 0 Å². The van der Waals surface area contributed by atoms with E-state index in [0.717, 1.165) is 40.2 Å². The Morgan fingerprint density at radius 1 is 0.756 bits per heavy atom. The predicted molar refractivity (Wildman–Crippen MR) is 161 cm³/mol. The number of rotatable bonds is 6. The molecule has 0 fully saturated rings. The van der Waals surface area contributed by atoms with E-state index in [1.54, 1.807) is 0 Å². The third kappa shape index (κ3) is 10.5. The minimum atomic E-state index is -0.935. The van der Waals surface area contributed by atoms with Crippen molar-refractivity contribution in [2.24, 2.45) is 0 Å². The van der Waals surface area contributed by atoms with E-state index in [0.29, 0.717) is 0 Å². The van der Waals surface area contributed by atoms with Crippen molar-refractivity contribution in [2.45, 2.75) is 21.3 Å². The summed E-state index contributed by atoms with van der Waals surface area (Å²) in [5.74, 6) is -4.10. The average Bonchev–Trinajstić information content (AvgIpc) is 2.89. The van der Waals surface area contributed by atoms with Crippen molar-refractivity contribution in [2.75, 3.05) is 24.9 Å². The summed E-state index contributed by atoms with van der Waals surface area (Å²) in [6.07, 6.45) is 0. The molecule has 2 aromatic carbocycles. The van der Waals surface area contributed by atoms with Crippen molar-refractivity contribution in [3.05, 3.63) is 52.4 Å². The van der Waals surface area contributed by atoms with Gasteiger partial charge >= 0.3 is 11.9 Å². The molecule has 0 saturated carbocycles. The van der Waals surface area contributed by atoms with Gasteiger partial charge in [0.2, 0.25) is 11.8 Å². The van der Waals surface area contributed by atoms with Gasteiger partial charge < -0.3 is 30.3 Å². The second kappa shape index (κ2) is 18.1. The molecule has 20 heteroatoms. The number of carbonyl (C=O) groups excluding carboxylic acids is 4. The molecule has 0 aliphatic carbocycles. The summed E-state index contributed by atoms with van der Waals surface area (Å²) in [5, 5.41) is 45.8. The Morgan fingerprint density at radius 2 is 1.02 bits per heavy atom. The predicted octanol–water partition coefficient (Wildman–Crippen LogP) is 5.94. The number of carbonyl (C=O) groups is 4. The zero-order valence-electron chi connectivity index (χ0n) is 20.5. The van der Waals surface area contributed by atoms with Gasteiger partial charge in [0.25, 0.3) is 11.4 Å². The molecule has 2 amide bonds. The van der Waals surface area contributed by atoms with Gasteiger partial charge in [0.1, 0.15) is 34.0 Å². The van der Waals surface area contributed by atoms with Crippen LogP contribution in [-0.2, 0) is 19.1 Å². The highest BCUT2D eigenvalue weighted by molar-refractivity contribution is 9.93. The molecule has 0 radical (unpaired) electrons. The number of hydrogen-bond acceptors (Lipinski definition) is 12. The number of halogens is 4. The minimum Gasteiger partial charge on any atom is -0.506 e. The lowest BCUT2D eigenvalue weighted by Gasteiger charge is -2.10. The fourth-order valence-corrected chi connectivity index (χ4v) is 3.69. The molecule has 0 bridgehead atoms. The summed E-state index contributed by atoms with van der Waals surface area (Å²) in [5.41, 5.74) is -2.31. The molecule has 2 rings (SSSR count). The van der Waals surface area contributed by atoms with E-state index in [-0.39, 0.29) is 38.9 Å². The zero-order valence-corrected chi connectivity index (χ0v) is 26.9. The first-order valence-electron chi connectivity index (χ1n) is 9.84. The highest BCUT2D eigenvalue weighted by Gasteiger charge is 2.28. The highest BCUT2D eigenvalue weighted by Crippen LogP contribution is 2.43.